The smallest absolute Gasteiger partial charge is 0.245 e. The summed E-state index contributed by atoms with van der Waals surface area (Å²) < 4.78 is 14.7. The maximum atomic E-state index is 14.7. The highest BCUT2D eigenvalue weighted by molar-refractivity contribution is 5.90. The lowest BCUT2D eigenvalue weighted by Crippen LogP contribution is -2.45. The number of rotatable bonds is 4. The Bertz CT molecular complexity index is 926. The average Bonchev–Trinajstić information content (AvgIpc) is 3.21. The van der Waals surface area contributed by atoms with E-state index in [2.05, 4.69) is 16.0 Å². The van der Waals surface area contributed by atoms with Gasteiger partial charge in [0.25, 0.3) is 0 Å². The Balaban J connectivity index is 1.54. The topological polar surface area (TPSA) is 90.5 Å². The van der Waals surface area contributed by atoms with Crippen molar-refractivity contribution in [3.05, 3.63) is 70.5 Å². The molecule has 1 saturated heterocycles. The van der Waals surface area contributed by atoms with Gasteiger partial charge < -0.3 is 21.1 Å². The van der Waals surface area contributed by atoms with Crippen LogP contribution in [-0.2, 0) is 9.59 Å². The summed E-state index contributed by atoms with van der Waals surface area (Å²) in [5.74, 6) is -0.706. The molecule has 152 valence electrons. The predicted octanol–water partition coefficient (Wildman–Crippen LogP) is 1.24. The third kappa shape index (κ3) is 3.82. The van der Waals surface area contributed by atoms with E-state index in [1.54, 1.807) is 12.2 Å². The molecule has 1 fully saturated rings. The lowest BCUT2D eigenvalue weighted by Gasteiger charge is -2.18. The number of carbonyl (C=O) groups excluding carboxylic acids is 2. The van der Waals surface area contributed by atoms with Crippen molar-refractivity contribution in [2.24, 2.45) is 0 Å². The standard InChI is InChI=1S/C22H24FN3O3/c1-12-6-7-15(16(23)10-12)20-14(13-4-2-3-5-17(13)25-20)8-9-19(28)26-21-18(27)11-24-22(21)29/h2-7,10,16-18,21,25,27H,8-9,11H2,1H3,(H,24,29)(H,26,28)/t16?,17?,18-,21+/m1/s1. The summed E-state index contributed by atoms with van der Waals surface area (Å²) in [5.41, 5.74) is 4.07. The number of hydrogen-bond donors (Lipinski definition) is 4. The fraction of sp³-hybridized carbons (Fsp3) is 0.364. The first-order valence-electron chi connectivity index (χ1n) is 9.78. The largest absolute Gasteiger partial charge is 0.389 e. The molecule has 4 aliphatic rings. The molecule has 0 spiro atoms. The number of aliphatic hydroxyl groups is 1. The van der Waals surface area contributed by atoms with Crippen LogP contribution in [0.5, 0.6) is 0 Å². The normalized spacial score (nSPS) is 32.8. The highest BCUT2D eigenvalue weighted by Crippen LogP contribution is 2.36. The van der Waals surface area contributed by atoms with Crippen LogP contribution in [0.1, 0.15) is 19.8 Å². The van der Waals surface area contributed by atoms with Crippen LogP contribution in [0.4, 0.5) is 4.39 Å². The lowest BCUT2D eigenvalue weighted by molar-refractivity contribution is -0.128. The van der Waals surface area contributed by atoms with Crippen LogP contribution < -0.4 is 16.0 Å². The Morgan fingerprint density at radius 1 is 1.28 bits per heavy atom. The molecule has 2 aliphatic carbocycles. The number of halogens is 1. The third-order valence-electron chi connectivity index (χ3n) is 5.57. The van der Waals surface area contributed by atoms with Gasteiger partial charge in [0, 0.05) is 24.2 Å². The summed E-state index contributed by atoms with van der Waals surface area (Å²) in [7, 11) is 0. The van der Waals surface area contributed by atoms with Crippen molar-refractivity contribution in [3.63, 3.8) is 0 Å². The number of β-amino-alcohol motifs (C(OH)–C–C–N with tert-alkyl or cyclic N) is 1. The van der Waals surface area contributed by atoms with Crippen molar-refractivity contribution in [1.82, 2.24) is 16.0 Å². The van der Waals surface area contributed by atoms with Gasteiger partial charge in [-0.2, -0.15) is 0 Å². The number of hydrogen-bond acceptors (Lipinski definition) is 4. The second kappa shape index (κ2) is 7.83. The minimum atomic E-state index is -1.21. The summed E-state index contributed by atoms with van der Waals surface area (Å²) in [5, 5.41) is 18.3. The van der Waals surface area contributed by atoms with E-state index in [0.29, 0.717) is 12.0 Å². The fourth-order valence-corrected chi connectivity index (χ4v) is 4.03. The van der Waals surface area contributed by atoms with Crippen molar-refractivity contribution in [2.75, 3.05) is 6.54 Å². The molecule has 0 radical (unpaired) electrons. The van der Waals surface area contributed by atoms with Gasteiger partial charge in [0.15, 0.2) is 0 Å². The maximum absolute atomic E-state index is 14.7. The van der Waals surface area contributed by atoms with Crippen molar-refractivity contribution >= 4 is 11.8 Å². The molecule has 0 bridgehead atoms. The summed E-state index contributed by atoms with van der Waals surface area (Å²) in [4.78, 5) is 24.1. The van der Waals surface area contributed by atoms with Gasteiger partial charge in [0.05, 0.1) is 6.04 Å². The number of alkyl halides is 1. The Labute approximate surface area is 168 Å². The monoisotopic (exact) mass is 397 g/mol. The minimum absolute atomic E-state index is 0.0457. The van der Waals surface area contributed by atoms with Crippen molar-refractivity contribution in [3.8, 4) is 0 Å². The summed E-state index contributed by atoms with van der Waals surface area (Å²) >= 11 is 0. The Hall–Kier alpha value is -2.93. The maximum Gasteiger partial charge on any atom is 0.245 e. The summed E-state index contributed by atoms with van der Waals surface area (Å²) in [6, 6.07) is -0.967. The Kier molecular flexibility index (Phi) is 5.24. The zero-order valence-corrected chi connectivity index (χ0v) is 16.1. The minimum Gasteiger partial charge on any atom is -0.389 e. The molecule has 0 aromatic rings. The van der Waals surface area contributed by atoms with Crippen LogP contribution in [0.25, 0.3) is 0 Å². The van der Waals surface area contributed by atoms with Crippen LogP contribution in [0, 0.1) is 0 Å². The van der Waals surface area contributed by atoms with Gasteiger partial charge in [-0.15, -0.1) is 0 Å². The molecule has 0 aromatic carbocycles. The van der Waals surface area contributed by atoms with E-state index >= 15 is 0 Å². The van der Waals surface area contributed by atoms with Crippen molar-refractivity contribution in [1.29, 1.82) is 0 Å². The number of carbonyl (C=O) groups is 2. The van der Waals surface area contributed by atoms with Gasteiger partial charge in [0.2, 0.25) is 11.8 Å². The molecule has 29 heavy (non-hydrogen) atoms. The molecule has 4 N–H and O–H groups in total. The zero-order valence-electron chi connectivity index (χ0n) is 16.1. The molecule has 2 aliphatic heterocycles. The van der Waals surface area contributed by atoms with Gasteiger partial charge >= 0.3 is 0 Å². The van der Waals surface area contributed by atoms with Crippen LogP contribution in [0.2, 0.25) is 0 Å². The van der Waals surface area contributed by atoms with Gasteiger partial charge in [-0.1, -0.05) is 42.0 Å². The summed E-state index contributed by atoms with van der Waals surface area (Å²) in [6.45, 7) is 1.99. The summed E-state index contributed by atoms with van der Waals surface area (Å²) in [6.07, 6.45) is 11.5. The molecule has 0 aromatic heterocycles. The van der Waals surface area contributed by atoms with Gasteiger partial charge in [-0.05, 0) is 30.6 Å². The predicted molar refractivity (Wildman–Crippen MR) is 107 cm³/mol. The average molecular weight is 397 g/mol. The first-order chi connectivity index (χ1) is 13.9. The number of allylic oxidation sites excluding steroid dienone is 8. The molecule has 4 rings (SSSR count). The zero-order chi connectivity index (χ0) is 20.5. The van der Waals surface area contributed by atoms with E-state index in [1.807, 2.05) is 37.3 Å². The van der Waals surface area contributed by atoms with Crippen LogP contribution in [-0.4, -0.2) is 47.8 Å². The molecular formula is C22H24FN3O3. The first-order valence-corrected chi connectivity index (χ1v) is 9.78. The number of fused-ring (bicyclic) bond motifs is 1. The van der Waals surface area contributed by atoms with E-state index in [4.69, 9.17) is 0 Å². The lowest BCUT2D eigenvalue weighted by atomic mass is 9.92. The van der Waals surface area contributed by atoms with E-state index in [-0.39, 0.29) is 30.8 Å². The molecule has 7 heteroatoms. The van der Waals surface area contributed by atoms with E-state index in [1.165, 1.54) is 0 Å². The van der Waals surface area contributed by atoms with E-state index in [0.717, 1.165) is 22.4 Å². The molecule has 0 saturated carbocycles. The molecule has 2 amide bonds. The van der Waals surface area contributed by atoms with Gasteiger partial charge in [0.1, 0.15) is 18.3 Å². The number of amides is 2. The van der Waals surface area contributed by atoms with Crippen molar-refractivity contribution in [2.45, 2.75) is 44.1 Å². The second-order valence-electron chi connectivity index (χ2n) is 7.63. The number of nitrogens with one attached hydrogen (secondary N) is 3. The first kappa shape index (κ1) is 19.4. The number of aliphatic hydroxyl groups excluding tert-OH is 1. The molecular weight excluding hydrogens is 373 g/mol. The SMILES string of the molecule is CC1=CC(F)C(=C2NC3C=CC=CC3=C2CCC(=O)N[C@@H]2C(=O)NC[C@H]2O)C=C1. The highest BCUT2D eigenvalue weighted by Gasteiger charge is 2.35. The third-order valence-corrected chi connectivity index (χ3v) is 5.57. The molecule has 4 atom stereocenters. The Morgan fingerprint density at radius 3 is 2.83 bits per heavy atom. The van der Waals surface area contributed by atoms with Gasteiger partial charge in [-0.25, -0.2) is 4.39 Å². The Morgan fingerprint density at radius 2 is 2.10 bits per heavy atom. The van der Waals surface area contributed by atoms with Crippen molar-refractivity contribution < 1.29 is 19.1 Å². The highest BCUT2D eigenvalue weighted by atomic mass is 19.1. The van der Waals surface area contributed by atoms with Crippen LogP contribution >= 0.6 is 0 Å². The quantitative estimate of drug-likeness (QED) is 0.575. The molecule has 2 unspecified atom stereocenters. The molecule has 2 heterocycles. The second-order valence-corrected chi connectivity index (χ2v) is 7.63. The van der Waals surface area contributed by atoms with Gasteiger partial charge in [-0.3, -0.25) is 9.59 Å². The van der Waals surface area contributed by atoms with E-state index in [9.17, 15) is 19.1 Å². The van der Waals surface area contributed by atoms with Crippen LogP contribution in [0.15, 0.2) is 70.5 Å². The fourth-order valence-electron chi connectivity index (χ4n) is 4.03. The van der Waals surface area contributed by atoms with Crippen LogP contribution in [0.3, 0.4) is 0 Å². The molecule has 6 nitrogen and oxygen atoms in total. The van der Waals surface area contributed by atoms with E-state index < -0.39 is 18.3 Å².